The Bertz CT molecular complexity index is 442. The van der Waals surface area contributed by atoms with E-state index in [0.29, 0.717) is 6.54 Å². The maximum Gasteiger partial charge on any atom is 0.0984 e. The molecule has 1 aromatic carbocycles. The van der Waals surface area contributed by atoms with Crippen molar-refractivity contribution in [1.82, 2.24) is 5.32 Å². The summed E-state index contributed by atoms with van der Waals surface area (Å²) < 4.78 is 5.70. The number of hydrogen-bond donors (Lipinski definition) is 2. The molecule has 0 spiro atoms. The largest absolute Gasteiger partial charge is 0.394 e. The van der Waals surface area contributed by atoms with Crippen molar-refractivity contribution in [3.63, 3.8) is 0 Å². The fraction of sp³-hybridized carbons (Fsp3) is 0.600. The van der Waals surface area contributed by atoms with Gasteiger partial charge in [-0.3, -0.25) is 0 Å². The number of aliphatic hydroxyl groups is 1. The van der Waals surface area contributed by atoms with E-state index in [2.05, 4.69) is 23.2 Å². The minimum absolute atomic E-state index is 0.0456. The molecule has 5 heteroatoms. The average Bonchev–Trinajstić information content (AvgIpc) is 2.45. The summed E-state index contributed by atoms with van der Waals surface area (Å²) in [6.07, 6.45) is -0.0309. The van der Waals surface area contributed by atoms with Crippen molar-refractivity contribution in [3.8, 4) is 0 Å². The van der Waals surface area contributed by atoms with Crippen LogP contribution in [0.15, 0.2) is 18.2 Å². The Kier molecular flexibility index (Phi) is 5.66. The number of hydrogen-bond acceptors (Lipinski definition) is 4. The zero-order valence-corrected chi connectivity index (χ0v) is 12.9. The number of nitrogens with one attached hydrogen (secondary N) is 1. The zero-order chi connectivity index (χ0) is 14.5. The average molecular weight is 299 g/mol. The highest BCUT2D eigenvalue weighted by molar-refractivity contribution is 6.30. The lowest BCUT2D eigenvalue weighted by molar-refractivity contribution is -0.0421. The van der Waals surface area contributed by atoms with Crippen LogP contribution in [0.2, 0.25) is 5.02 Å². The third-order valence-electron chi connectivity index (χ3n) is 3.48. The fourth-order valence-corrected chi connectivity index (χ4v) is 2.75. The summed E-state index contributed by atoms with van der Waals surface area (Å²) in [5.41, 5.74) is 2.36. The van der Waals surface area contributed by atoms with Crippen LogP contribution in [0, 0.1) is 0 Å². The van der Waals surface area contributed by atoms with Crippen LogP contribution in [0.4, 0.5) is 5.69 Å². The molecule has 0 saturated carbocycles. The van der Waals surface area contributed by atoms with Gasteiger partial charge >= 0.3 is 0 Å². The molecule has 2 unspecified atom stereocenters. The molecule has 0 aliphatic carbocycles. The highest BCUT2D eigenvalue weighted by atomic mass is 35.5. The van der Waals surface area contributed by atoms with E-state index in [9.17, 15) is 5.11 Å². The number of aliphatic hydroxyl groups excluding tert-OH is 1. The number of halogens is 1. The van der Waals surface area contributed by atoms with Gasteiger partial charge in [0.1, 0.15) is 0 Å². The van der Waals surface area contributed by atoms with Crippen LogP contribution in [-0.4, -0.2) is 43.6 Å². The number of anilines is 1. The van der Waals surface area contributed by atoms with Gasteiger partial charge in [0, 0.05) is 30.3 Å². The number of ether oxygens (including phenoxy) is 1. The van der Waals surface area contributed by atoms with E-state index < -0.39 is 0 Å². The summed E-state index contributed by atoms with van der Waals surface area (Å²) in [5.74, 6) is 0. The van der Waals surface area contributed by atoms with E-state index in [4.69, 9.17) is 16.3 Å². The Hall–Kier alpha value is -0.810. The second kappa shape index (κ2) is 7.27. The van der Waals surface area contributed by atoms with Gasteiger partial charge in [-0.1, -0.05) is 24.6 Å². The van der Waals surface area contributed by atoms with Gasteiger partial charge in [0.2, 0.25) is 0 Å². The summed E-state index contributed by atoms with van der Waals surface area (Å²) in [4.78, 5) is 2.26. The van der Waals surface area contributed by atoms with Gasteiger partial charge in [-0.05, 0) is 31.2 Å². The first-order valence-corrected chi connectivity index (χ1v) is 7.52. The van der Waals surface area contributed by atoms with Gasteiger partial charge < -0.3 is 20.1 Å². The highest BCUT2D eigenvalue weighted by Crippen LogP contribution is 2.27. The van der Waals surface area contributed by atoms with Crippen LogP contribution in [0.3, 0.4) is 0 Å². The van der Waals surface area contributed by atoms with Crippen molar-refractivity contribution >= 4 is 17.3 Å². The first-order valence-electron chi connectivity index (χ1n) is 7.14. The molecule has 0 aromatic heterocycles. The first-order chi connectivity index (χ1) is 9.63. The molecular weight excluding hydrogens is 276 g/mol. The Morgan fingerprint density at radius 3 is 2.95 bits per heavy atom. The Morgan fingerprint density at radius 1 is 1.45 bits per heavy atom. The smallest absolute Gasteiger partial charge is 0.0984 e. The molecule has 112 valence electrons. The topological polar surface area (TPSA) is 44.7 Å². The molecule has 2 N–H and O–H groups in total. The molecular formula is C15H23ClN2O2. The maximum absolute atomic E-state index is 9.35. The molecule has 1 aliphatic heterocycles. The summed E-state index contributed by atoms with van der Waals surface area (Å²) >= 11 is 6.15. The molecule has 1 saturated heterocycles. The van der Waals surface area contributed by atoms with E-state index in [-0.39, 0.29) is 18.8 Å². The third kappa shape index (κ3) is 3.85. The maximum atomic E-state index is 9.35. The standard InChI is InChI=1S/C15H23ClN2O2/c1-3-17-7-12-4-5-13(16)6-15(12)18-8-11(2)20-14(9-18)10-19/h4-6,11,14,17,19H,3,7-10H2,1-2H3. The van der Waals surface area contributed by atoms with Crippen LogP contribution in [0.25, 0.3) is 0 Å². The number of rotatable bonds is 5. The minimum Gasteiger partial charge on any atom is -0.394 e. The van der Waals surface area contributed by atoms with Gasteiger partial charge in [-0.15, -0.1) is 0 Å². The van der Waals surface area contributed by atoms with Gasteiger partial charge in [-0.2, -0.15) is 0 Å². The monoisotopic (exact) mass is 298 g/mol. The van der Waals surface area contributed by atoms with E-state index >= 15 is 0 Å². The third-order valence-corrected chi connectivity index (χ3v) is 3.72. The van der Waals surface area contributed by atoms with Crippen LogP contribution < -0.4 is 10.2 Å². The second-order valence-electron chi connectivity index (χ2n) is 5.21. The highest BCUT2D eigenvalue weighted by Gasteiger charge is 2.26. The molecule has 20 heavy (non-hydrogen) atoms. The molecule has 1 fully saturated rings. The van der Waals surface area contributed by atoms with E-state index in [1.807, 2.05) is 19.1 Å². The van der Waals surface area contributed by atoms with Crippen molar-refractivity contribution in [2.75, 3.05) is 31.1 Å². The van der Waals surface area contributed by atoms with Gasteiger partial charge in [0.05, 0.1) is 18.8 Å². The van der Waals surface area contributed by atoms with Crippen LogP contribution in [-0.2, 0) is 11.3 Å². The summed E-state index contributed by atoms with van der Waals surface area (Å²) in [6, 6.07) is 5.99. The normalized spacial score (nSPS) is 23.1. The van der Waals surface area contributed by atoms with Crippen molar-refractivity contribution in [2.24, 2.45) is 0 Å². The fourth-order valence-electron chi connectivity index (χ4n) is 2.58. The molecule has 2 atom stereocenters. The van der Waals surface area contributed by atoms with Crippen LogP contribution >= 0.6 is 11.6 Å². The number of morpholine rings is 1. The molecule has 0 radical (unpaired) electrons. The second-order valence-corrected chi connectivity index (χ2v) is 5.65. The lowest BCUT2D eigenvalue weighted by Gasteiger charge is -2.38. The zero-order valence-electron chi connectivity index (χ0n) is 12.1. The molecule has 1 heterocycles. The Labute approximate surface area is 125 Å². The van der Waals surface area contributed by atoms with E-state index in [1.54, 1.807) is 0 Å². The summed E-state index contributed by atoms with van der Waals surface area (Å²) in [5, 5.41) is 13.4. The lowest BCUT2D eigenvalue weighted by atomic mass is 10.1. The van der Waals surface area contributed by atoms with Crippen molar-refractivity contribution < 1.29 is 9.84 Å². The molecule has 0 amide bonds. The van der Waals surface area contributed by atoms with E-state index in [1.165, 1.54) is 5.56 Å². The quantitative estimate of drug-likeness (QED) is 0.873. The first kappa shape index (κ1) is 15.6. The van der Waals surface area contributed by atoms with Crippen molar-refractivity contribution in [3.05, 3.63) is 28.8 Å². The molecule has 2 rings (SSSR count). The number of benzene rings is 1. The minimum atomic E-state index is -0.135. The predicted molar refractivity (Wildman–Crippen MR) is 82.5 cm³/mol. The van der Waals surface area contributed by atoms with Gasteiger partial charge in [-0.25, -0.2) is 0 Å². The Morgan fingerprint density at radius 2 is 2.25 bits per heavy atom. The predicted octanol–water partition coefficient (Wildman–Crippen LogP) is 2.04. The van der Waals surface area contributed by atoms with Crippen molar-refractivity contribution in [1.29, 1.82) is 0 Å². The van der Waals surface area contributed by atoms with Crippen LogP contribution in [0.5, 0.6) is 0 Å². The molecule has 1 aliphatic rings. The summed E-state index contributed by atoms with van der Waals surface area (Å²) in [7, 11) is 0. The van der Waals surface area contributed by atoms with Crippen molar-refractivity contribution in [2.45, 2.75) is 32.6 Å². The SMILES string of the molecule is CCNCc1ccc(Cl)cc1N1CC(C)OC(CO)C1. The lowest BCUT2D eigenvalue weighted by Crippen LogP contribution is -2.48. The Balaban J connectivity index is 2.22. The molecule has 1 aromatic rings. The van der Waals surface area contributed by atoms with Crippen LogP contribution in [0.1, 0.15) is 19.4 Å². The van der Waals surface area contributed by atoms with Gasteiger partial charge in [0.15, 0.2) is 0 Å². The van der Waals surface area contributed by atoms with E-state index in [0.717, 1.165) is 30.3 Å². The molecule has 0 bridgehead atoms. The molecule has 4 nitrogen and oxygen atoms in total. The van der Waals surface area contributed by atoms with Gasteiger partial charge in [0.25, 0.3) is 0 Å². The summed E-state index contributed by atoms with van der Waals surface area (Å²) in [6.45, 7) is 7.43. The number of nitrogens with zero attached hydrogens (tertiary/aromatic N) is 1.